The van der Waals surface area contributed by atoms with Gasteiger partial charge in [-0.15, -0.1) is 0 Å². The van der Waals surface area contributed by atoms with Crippen molar-refractivity contribution in [3.63, 3.8) is 0 Å². The number of nitrogens with zero attached hydrogens (tertiary/aromatic N) is 4. The van der Waals surface area contributed by atoms with Crippen LogP contribution < -0.4 is 10.6 Å². The number of benzene rings is 1. The average molecular weight is 1010 g/mol. The number of imide groups is 1. The highest BCUT2D eigenvalue weighted by Crippen LogP contribution is 2.50. The SMILES string of the molecule is CC(C)C(C=O)N(C)C(=O)CCCCCN1C(=O)C=CC1=O.CCC.CCC(C)C(C(CC(=O)N1C2CC2CC1C(OC)C(C)C=O)OC)N(C)C.CNC(Cc1ccccc1F)C(=O)O.CNCC=O. The predicted octanol–water partition coefficient (Wildman–Crippen LogP) is 5.22. The van der Waals surface area contributed by atoms with Crippen molar-refractivity contribution in [3.8, 4) is 0 Å². The average Bonchev–Trinajstić information content (AvgIpc) is 3.88. The number of rotatable bonds is 26. The number of unbranched alkanes of at least 4 members (excludes halogenated alkanes) is 2. The highest BCUT2D eigenvalue weighted by atomic mass is 19.1. The van der Waals surface area contributed by atoms with Crippen LogP contribution in [-0.4, -0.2) is 178 Å². The van der Waals surface area contributed by atoms with Gasteiger partial charge in [-0.25, -0.2) is 4.39 Å². The van der Waals surface area contributed by atoms with E-state index in [0.717, 1.165) is 44.5 Å². The number of hydrogen-bond acceptors (Lipinski definition) is 13. The van der Waals surface area contributed by atoms with Crippen molar-refractivity contribution in [2.45, 2.75) is 155 Å². The third kappa shape index (κ3) is 22.7. The van der Waals surface area contributed by atoms with Crippen LogP contribution in [0, 0.1) is 29.5 Å². The molecular formula is C53H89FN6O11. The maximum atomic E-state index is 13.3. The number of carbonyl (C=O) groups excluding carboxylic acids is 7. The molecule has 0 spiro atoms. The van der Waals surface area contributed by atoms with Gasteiger partial charge in [-0.1, -0.05) is 85.9 Å². The number of carboxylic acids is 1. The van der Waals surface area contributed by atoms with Gasteiger partial charge in [0.15, 0.2) is 0 Å². The maximum absolute atomic E-state index is 13.3. The van der Waals surface area contributed by atoms with Crippen molar-refractivity contribution in [1.29, 1.82) is 0 Å². The molecule has 1 saturated heterocycles. The Bertz CT molecular complexity index is 1780. The van der Waals surface area contributed by atoms with Crippen molar-refractivity contribution < 1.29 is 57.3 Å². The van der Waals surface area contributed by atoms with Crippen LogP contribution in [0.15, 0.2) is 36.4 Å². The smallest absolute Gasteiger partial charge is 0.321 e. The van der Waals surface area contributed by atoms with Gasteiger partial charge in [0.25, 0.3) is 11.8 Å². The van der Waals surface area contributed by atoms with Gasteiger partial charge in [-0.2, -0.15) is 0 Å². The summed E-state index contributed by atoms with van der Waals surface area (Å²) >= 11 is 0. The van der Waals surface area contributed by atoms with E-state index in [2.05, 4.69) is 57.3 Å². The first-order valence-electron chi connectivity index (χ1n) is 25.1. The number of carbonyl (C=O) groups is 8. The molecule has 0 bridgehead atoms. The molecule has 1 aromatic rings. The number of ether oxygens (including phenoxy) is 2. The van der Waals surface area contributed by atoms with E-state index in [1.54, 1.807) is 53.6 Å². The van der Waals surface area contributed by atoms with Crippen LogP contribution >= 0.6 is 0 Å². The van der Waals surface area contributed by atoms with Crippen LogP contribution in [0.25, 0.3) is 0 Å². The molecule has 0 radical (unpaired) electrons. The first-order valence-corrected chi connectivity index (χ1v) is 25.1. The summed E-state index contributed by atoms with van der Waals surface area (Å²) in [6.45, 7) is 15.2. The molecule has 1 aliphatic carbocycles. The van der Waals surface area contributed by atoms with Gasteiger partial charge in [0.05, 0.1) is 37.3 Å². The van der Waals surface area contributed by atoms with Gasteiger partial charge in [0, 0.05) is 70.8 Å². The molecule has 1 saturated carbocycles. The number of fused-ring (bicyclic) bond motifs is 1. The second-order valence-corrected chi connectivity index (χ2v) is 18.9. The number of hydrogen-bond donors (Lipinski definition) is 3. The van der Waals surface area contributed by atoms with Gasteiger partial charge in [-0.3, -0.25) is 28.9 Å². The minimum Gasteiger partial charge on any atom is -0.480 e. The van der Waals surface area contributed by atoms with Gasteiger partial charge < -0.3 is 54.3 Å². The lowest BCUT2D eigenvalue weighted by atomic mass is 9.90. The van der Waals surface area contributed by atoms with Crippen LogP contribution in [0.5, 0.6) is 0 Å². The molecule has 0 aromatic heterocycles. The minimum absolute atomic E-state index is 0.00893. The molecule has 2 heterocycles. The Labute approximate surface area is 424 Å². The summed E-state index contributed by atoms with van der Waals surface area (Å²) in [7, 11) is 12.4. The molecule has 2 aliphatic heterocycles. The Balaban J connectivity index is 0.000000995. The van der Waals surface area contributed by atoms with E-state index >= 15 is 0 Å². The van der Waals surface area contributed by atoms with Gasteiger partial charge in [0.2, 0.25) is 11.8 Å². The summed E-state index contributed by atoms with van der Waals surface area (Å²) in [5, 5.41) is 14.0. The quantitative estimate of drug-likeness (QED) is 0.0617. The van der Waals surface area contributed by atoms with Crippen molar-refractivity contribution in [3.05, 3.63) is 47.8 Å². The Morgan fingerprint density at radius 2 is 1.51 bits per heavy atom. The molecule has 17 nitrogen and oxygen atoms in total. The number of piperidine rings is 1. The highest BCUT2D eigenvalue weighted by molar-refractivity contribution is 6.12. The molecule has 10 unspecified atom stereocenters. The number of aldehydes is 3. The van der Waals surface area contributed by atoms with Crippen molar-refractivity contribution in [2.75, 3.05) is 62.5 Å². The zero-order valence-electron chi connectivity index (χ0n) is 45.2. The first-order chi connectivity index (χ1) is 33.7. The molecule has 10 atom stereocenters. The van der Waals surface area contributed by atoms with E-state index in [0.29, 0.717) is 62.2 Å². The molecule has 3 aliphatic rings. The van der Waals surface area contributed by atoms with Gasteiger partial charge >= 0.3 is 5.97 Å². The number of likely N-dealkylation sites (N-methyl/N-ethyl adjacent to an activating group) is 4. The molecule has 404 valence electrons. The standard InChI is InChI=1S/C21H38N2O4.C16H24N2O4.C10H12FNO2.C3H7NO.C3H8/c1-8-13(2)20(22(4)5)18(26-6)11-19(25)23-16-9-15(16)10-17(23)21(27-7)14(3)12-24;1-12(2)13(11-19)17(3)14(20)7-5-4-6-10-18-15(21)8-9-16(18)22;1-12-9(10(13)14)6-7-4-2-3-5-8(7)11;1-4-2-3-5;1-3-2/h12-18,20-21H,8-11H2,1-7H3;8-9,11-13H,4-7,10H2,1-3H3;2-5,9,12H,6H2,1H3,(H,13,14);3-4H,2H2,1H3;3H2,1-2H3. The first kappa shape index (κ1) is 66.2. The number of likely N-dealkylation sites (tertiary alicyclic amines) is 1. The van der Waals surface area contributed by atoms with Gasteiger partial charge in [-0.05, 0) is 83.3 Å². The maximum Gasteiger partial charge on any atom is 0.321 e. The second kappa shape index (κ2) is 36.2. The summed E-state index contributed by atoms with van der Waals surface area (Å²) in [5.74, 6) is -0.944. The molecule has 3 N–H and O–H groups in total. The van der Waals surface area contributed by atoms with E-state index in [4.69, 9.17) is 14.6 Å². The number of nitrogens with one attached hydrogen (secondary N) is 2. The Morgan fingerprint density at radius 1 is 0.901 bits per heavy atom. The molecular weight excluding hydrogens is 916 g/mol. The Kier molecular flexibility index (Phi) is 33.8. The van der Waals surface area contributed by atoms with Crippen molar-refractivity contribution in [1.82, 2.24) is 30.2 Å². The van der Waals surface area contributed by atoms with E-state index in [-0.39, 0.29) is 72.0 Å². The topological polar surface area (TPSA) is 212 Å². The largest absolute Gasteiger partial charge is 0.480 e. The Hall–Kier alpha value is -4.75. The molecule has 2 fully saturated rings. The molecule has 4 amide bonds. The van der Waals surface area contributed by atoms with E-state index < -0.39 is 18.1 Å². The third-order valence-electron chi connectivity index (χ3n) is 12.9. The van der Waals surface area contributed by atoms with Crippen LogP contribution in [0.2, 0.25) is 0 Å². The van der Waals surface area contributed by atoms with Gasteiger partial charge in [0.1, 0.15) is 30.7 Å². The molecule has 71 heavy (non-hydrogen) atoms. The fourth-order valence-electron chi connectivity index (χ4n) is 8.72. The zero-order valence-corrected chi connectivity index (χ0v) is 45.2. The number of amides is 4. The monoisotopic (exact) mass is 1000 g/mol. The van der Waals surface area contributed by atoms with Crippen LogP contribution in [0.1, 0.15) is 112 Å². The van der Waals surface area contributed by atoms with Crippen molar-refractivity contribution in [2.24, 2.45) is 23.7 Å². The summed E-state index contributed by atoms with van der Waals surface area (Å²) in [6.07, 6.45) is 12.0. The third-order valence-corrected chi connectivity index (χ3v) is 12.9. The van der Waals surface area contributed by atoms with E-state index in [9.17, 15) is 42.7 Å². The minimum atomic E-state index is -0.976. The fraction of sp³-hybridized carbons (Fsp3) is 0.698. The summed E-state index contributed by atoms with van der Waals surface area (Å²) in [6, 6.07) is 5.54. The molecule has 18 heteroatoms. The molecule has 4 rings (SSSR count). The van der Waals surface area contributed by atoms with E-state index in [1.807, 2.05) is 25.7 Å². The van der Waals surface area contributed by atoms with Crippen molar-refractivity contribution >= 4 is 48.5 Å². The number of aliphatic carboxylic acids is 1. The Morgan fingerprint density at radius 3 is 1.94 bits per heavy atom. The summed E-state index contributed by atoms with van der Waals surface area (Å²) in [5.41, 5.74) is 0.411. The zero-order chi connectivity index (χ0) is 54.4. The van der Waals surface area contributed by atoms with Crippen LogP contribution in [0.4, 0.5) is 4.39 Å². The number of carboxylic acid groups (broad SMARTS) is 1. The second-order valence-electron chi connectivity index (χ2n) is 18.9. The number of halogens is 1. The molecule has 1 aromatic carbocycles. The lowest BCUT2D eigenvalue weighted by molar-refractivity contribution is -0.142. The lowest BCUT2D eigenvalue weighted by Crippen LogP contribution is -2.51. The fourth-order valence-corrected chi connectivity index (χ4v) is 8.72. The number of methoxy groups -OCH3 is 2. The van der Waals surface area contributed by atoms with E-state index in [1.165, 1.54) is 34.4 Å². The summed E-state index contributed by atoms with van der Waals surface area (Å²) < 4.78 is 24.6. The highest BCUT2D eigenvalue weighted by Gasteiger charge is 2.56. The lowest BCUT2D eigenvalue weighted by Gasteiger charge is -2.38. The normalized spacial score (nSPS) is 19.4. The van der Waals surface area contributed by atoms with Crippen LogP contribution in [0.3, 0.4) is 0 Å². The van der Waals surface area contributed by atoms with Crippen LogP contribution in [-0.2, 0) is 54.3 Å². The summed E-state index contributed by atoms with van der Waals surface area (Å²) in [4.78, 5) is 97.2. The predicted molar refractivity (Wildman–Crippen MR) is 274 cm³/mol.